The van der Waals surface area contributed by atoms with Crippen LogP contribution in [-0.2, 0) is 16.1 Å². The highest BCUT2D eigenvalue weighted by Gasteiger charge is 2.33. The Kier molecular flexibility index (Phi) is 7.57. The van der Waals surface area contributed by atoms with Crippen LogP contribution in [0.5, 0.6) is 0 Å². The van der Waals surface area contributed by atoms with Gasteiger partial charge in [-0.25, -0.2) is 0 Å². The fraction of sp³-hybridized carbons (Fsp3) is 0.500. The first-order valence-corrected chi connectivity index (χ1v) is 12.4. The molecule has 0 aromatic heterocycles. The van der Waals surface area contributed by atoms with Crippen LogP contribution in [0.15, 0.2) is 36.4 Å². The van der Waals surface area contributed by atoms with Gasteiger partial charge in [0.1, 0.15) is 0 Å². The summed E-state index contributed by atoms with van der Waals surface area (Å²) in [6.45, 7) is 9.18. The lowest BCUT2D eigenvalue weighted by Crippen LogP contribution is -2.45. The SMILES string of the molecule is Cc1cc(C2CN(c3ccccc3C3CC3)C2)cc(C)c1CN1CCC(C(=O)O)CC1.O=CO. The standard InChI is InChI=1S/C27H34N2O2.CH2O2/c1-18-13-22(14-19(2)25(18)17-28-11-9-21(10-12-28)27(30)31)23-15-29(16-23)26-6-4-3-5-24(26)20-7-8-20;2-1-3/h3-6,13-14,20-21,23H,7-12,15-17H2,1-2H3,(H,30,31);1H,(H,2,3). The Morgan fingerprint density at radius 3 is 2.15 bits per heavy atom. The lowest BCUT2D eigenvalue weighted by atomic mass is 9.86. The highest BCUT2D eigenvalue weighted by Crippen LogP contribution is 2.46. The molecular weight excluding hydrogens is 428 g/mol. The molecule has 6 nitrogen and oxygen atoms in total. The van der Waals surface area contributed by atoms with Crippen LogP contribution < -0.4 is 4.90 Å². The molecule has 3 fully saturated rings. The number of benzene rings is 2. The van der Waals surface area contributed by atoms with Crippen LogP contribution >= 0.6 is 0 Å². The van der Waals surface area contributed by atoms with Crippen molar-refractivity contribution in [3.05, 3.63) is 64.2 Å². The van der Waals surface area contributed by atoms with Crippen molar-refractivity contribution >= 4 is 18.1 Å². The van der Waals surface area contributed by atoms with Gasteiger partial charge in [-0.3, -0.25) is 14.5 Å². The average Bonchev–Trinajstić information content (AvgIpc) is 3.62. The zero-order valence-electron chi connectivity index (χ0n) is 20.2. The molecule has 2 N–H and O–H groups in total. The number of aliphatic carboxylic acids is 1. The number of nitrogens with zero attached hydrogens (tertiary/aromatic N) is 2. The maximum Gasteiger partial charge on any atom is 0.306 e. The van der Waals surface area contributed by atoms with Gasteiger partial charge in [0.25, 0.3) is 6.47 Å². The van der Waals surface area contributed by atoms with E-state index < -0.39 is 5.97 Å². The normalized spacial score (nSPS) is 19.2. The monoisotopic (exact) mass is 464 g/mol. The van der Waals surface area contributed by atoms with Crippen molar-refractivity contribution in [2.24, 2.45) is 5.92 Å². The van der Waals surface area contributed by atoms with Crippen LogP contribution in [0.1, 0.15) is 65.3 Å². The van der Waals surface area contributed by atoms with Crippen molar-refractivity contribution in [3.8, 4) is 0 Å². The van der Waals surface area contributed by atoms with Gasteiger partial charge in [0.05, 0.1) is 5.92 Å². The summed E-state index contributed by atoms with van der Waals surface area (Å²) < 4.78 is 0. The predicted octanol–water partition coefficient (Wildman–Crippen LogP) is 4.78. The second-order valence-electron chi connectivity index (χ2n) is 10.1. The van der Waals surface area contributed by atoms with E-state index in [1.165, 1.54) is 40.8 Å². The molecule has 2 aromatic carbocycles. The van der Waals surface area contributed by atoms with Gasteiger partial charge in [0, 0.05) is 31.2 Å². The Hall–Kier alpha value is -2.86. The topological polar surface area (TPSA) is 81.1 Å². The molecule has 0 radical (unpaired) electrons. The zero-order valence-corrected chi connectivity index (χ0v) is 20.2. The molecule has 2 saturated heterocycles. The van der Waals surface area contributed by atoms with E-state index in [0.29, 0.717) is 5.92 Å². The molecule has 0 spiro atoms. The summed E-state index contributed by atoms with van der Waals surface area (Å²) in [4.78, 5) is 24.6. The largest absolute Gasteiger partial charge is 0.483 e. The highest BCUT2D eigenvalue weighted by molar-refractivity contribution is 5.70. The third-order valence-corrected chi connectivity index (χ3v) is 7.68. The molecular formula is C28H36N2O4. The van der Waals surface area contributed by atoms with Gasteiger partial charge >= 0.3 is 5.97 Å². The molecule has 5 rings (SSSR count). The first-order chi connectivity index (χ1) is 16.4. The van der Waals surface area contributed by atoms with Gasteiger partial charge in [-0.05, 0) is 92.4 Å². The average molecular weight is 465 g/mol. The van der Waals surface area contributed by atoms with Crippen molar-refractivity contribution < 1.29 is 19.8 Å². The summed E-state index contributed by atoms with van der Waals surface area (Å²) in [6, 6.07) is 13.8. The van der Waals surface area contributed by atoms with E-state index in [9.17, 15) is 9.90 Å². The van der Waals surface area contributed by atoms with Gasteiger partial charge in [-0.2, -0.15) is 0 Å². The Labute approximate surface area is 202 Å². The van der Waals surface area contributed by atoms with Crippen molar-refractivity contribution in [2.75, 3.05) is 31.1 Å². The van der Waals surface area contributed by atoms with E-state index in [-0.39, 0.29) is 12.4 Å². The Morgan fingerprint density at radius 2 is 1.59 bits per heavy atom. The second-order valence-corrected chi connectivity index (χ2v) is 10.1. The summed E-state index contributed by atoms with van der Waals surface area (Å²) in [7, 11) is 0. The summed E-state index contributed by atoms with van der Waals surface area (Å²) in [6.07, 6.45) is 4.24. The van der Waals surface area contributed by atoms with Crippen molar-refractivity contribution in [2.45, 2.75) is 57.9 Å². The van der Waals surface area contributed by atoms with Gasteiger partial charge in [0.2, 0.25) is 0 Å². The molecule has 6 heteroatoms. The maximum atomic E-state index is 11.2. The number of hydrogen-bond acceptors (Lipinski definition) is 4. The Balaban J connectivity index is 0.000000868. The summed E-state index contributed by atoms with van der Waals surface area (Å²) in [5.41, 5.74) is 8.67. The van der Waals surface area contributed by atoms with E-state index >= 15 is 0 Å². The number of rotatable bonds is 6. The molecule has 2 aliphatic heterocycles. The van der Waals surface area contributed by atoms with Crippen LogP contribution in [0.4, 0.5) is 5.69 Å². The van der Waals surface area contributed by atoms with Gasteiger partial charge < -0.3 is 15.1 Å². The number of carbonyl (C=O) groups is 2. The van der Waals surface area contributed by atoms with E-state index in [1.54, 1.807) is 5.56 Å². The van der Waals surface area contributed by atoms with Gasteiger partial charge in [0.15, 0.2) is 0 Å². The van der Waals surface area contributed by atoms with Crippen LogP contribution in [0.2, 0.25) is 0 Å². The lowest BCUT2D eigenvalue weighted by molar-refractivity contribution is -0.143. The minimum Gasteiger partial charge on any atom is -0.483 e. The molecule has 182 valence electrons. The van der Waals surface area contributed by atoms with E-state index in [1.807, 2.05) is 0 Å². The number of carboxylic acids is 1. The van der Waals surface area contributed by atoms with Gasteiger partial charge in [-0.15, -0.1) is 0 Å². The predicted molar refractivity (Wildman–Crippen MR) is 134 cm³/mol. The minimum absolute atomic E-state index is 0.160. The van der Waals surface area contributed by atoms with Crippen molar-refractivity contribution in [1.29, 1.82) is 0 Å². The first kappa shape index (κ1) is 24.3. The van der Waals surface area contributed by atoms with Gasteiger partial charge in [-0.1, -0.05) is 30.3 Å². The number of aryl methyl sites for hydroxylation is 2. The molecule has 0 amide bonds. The first-order valence-electron chi connectivity index (χ1n) is 12.4. The fourth-order valence-electron chi connectivity index (χ4n) is 5.47. The molecule has 2 heterocycles. The lowest BCUT2D eigenvalue weighted by Gasteiger charge is -2.43. The minimum atomic E-state index is -0.634. The molecule has 1 saturated carbocycles. The van der Waals surface area contributed by atoms with E-state index in [0.717, 1.165) is 51.5 Å². The Bertz CT molecular complexity index is 996. The second kappa shape index (κ2) is 10.6. The van der Waals surface area contributed by atoms with Crippen molar-refractivity contribution in [3.63, 3.8) is 0 Å². The van der Waals surface area contributed by atoms with Crippen LogP contribution in [0.25, 0.3) is 0 Å². The Morgan fingerprint density at radius 1 is 1.00 bits per heavy atom. The van der Waals surface area contributed by atoms with Crippen LogP contribution in [-0.4, -0.2) is 53.7 Å². The molecule has 2 aromatic rings. The molecule has 0 unspecified atom stereocenters. The number of hydrogen-bond donors (Lipinski definition) is 2. The summed E-state index contributed by atoms with van der Waals surface area (Å²) >= 11 is 0. The van der Waals surface area contributed by atoms with Crippen molar-refractivity contribution in [1.82, 2.24) is 4.90 Å². The van der Waals surface area contributed by atoms with Crippen LogP contribution in [0.3, 0.4) is 0 Å². The van der Waals surface area contributed by atoms with Crippen LogP contribution in [0, 0.1) is 19.8 Å². The maximum absolute atomic E-state index is 11.2. The molecule has 3 aliphatic rings. The number of carboxylic acid groups (broad SMARTS) is 2. The summed E-state index contributed by atoms with van der Waals surface area (Å²) in [5, 5.41) is 16.1. The summed E-state index contributed by atoms with van der Waals surface area (Å²) in [5.74, 6) is 0.614. The fourth-order valence-corrected chi connectivity index (χ4v) is 5.47. The molecule has 1 aliphatic carbocycles. The van der Waals surface area contributed by atoms with E-state index in [2.05, 4.69) is 60.0 Å². The smallest absolute Gasteiger partial charge is 0.306 e. The van der Waals surface area contributed by atoms with E-state index in [4.69, 9.17) is 9.90 Å². The number of anilines is 1. The molecule has 34 heavy (non-hydrogen) atoms. The number of piperidine rings is 1. The quantitative estimate of drug-likeness (QED) is 0.599. The zero-order chi connectivity index (χ0) is 24.2. The third kappa shape index (κ3) is 5.44. The highest BCUT2D eigenvalue weighted by atomic mass is 16.4. The number of para-hydroxylation sites is 1. The third-order valence-electron chi connectivity index (χ3n) is 7.68. The molecule has 0 atom stereocenters. The number of likely N-dealkylation sites (tertiary alicyclic amines) is 1. The molecule has 0 bridgehead atoms.